The molecule has 7 heteroatoms. The Morgan fingerprint density at radius 3 is 2.34 bits per heavy atom. The number of halogens is 2. The minimum Gasteiger partial charge on any atom is -0.493 e. The summed E-state index contributed by atoms with van der Waals surface area (Å²) in [5.74, 6) is 1.13. The van der Waals surface area contributed by atoms with Crippen LogP contribution in [0.1, 0.15) is 11.1 Å². The molecule has 0 saturated carbocycles. The minimum atomic E-state index is 0.375. The molecule has 32 heavy (non-hydrogen) atoms. The Bertz CT molecular complexity index is 1020. The molecule has 0 spiro atoms. The lowest BCUT2D eigenvalue weighted by atomic mass is 10.2. The van der Waals surface area contributed by atoms with Gasteiger partial charge < -0.3 is 24.4 Å². The highest BCUT2D eigenvalue weighted by Crippen LogP contribution is 2.37. The van der Waals surface area contributed by atoms with E-state index in [-0.39, 0.29) is 0 Å². The Morgan fingerprint density at radius 1 is 0.938 bits per heavy atom. The SMILES string of the molecule is COc1cc(CNc2ccc(N3CCOCC3)cc2)cc(Cl)c1OCc1ccc(Cl)cc1. The van der Waals surface area contributed by atoms with Crippen molar-refractivity contribution >= 4 is 34.6 Å². The summed E-state index contributed by atoms with van der Waals surface area (Å²) in [6.45, 7) is 4.41. The van der Waals surface area contributed by atoms with Crippen molar-refractivity contribution in [2.24, 2.45) is 0 Å². The lowest BCUT2D eigenvalue weighted by Gasteiger charge is -2.29. The number of hydrogen-bond acceptors (Lipinski definition) is 5. The highest BCUT2D eigenvalue weighted by Gasteiger charge is 2.13. The first-order chi connectivity index (χ1) is 15.6. The van der Waals surface area contributed by atoms with E-state index in [1.54, 1.807) is 7.11 Å². The van der Waals surface area contributed by atoms with E-state index in [4.69, 9.17) is 37.4 Å². The van der Waals surface area contributed by atoms with Crippen molar-refractivity contribution in [1.82, 2.24) is 0 Å². The van der Waals surface area contributed by atoms with Crippen LogP contribution in [-0.2, 0) is 17.9 Å². The van der Waals surface area contributed by atoms with E-state index >= 15 is 0 Å². The van der Waals surface area contributed by atoms with Crippen LogP contribution in [0.4, 0.5) is 11.4 Å². The molecule has 1 aliphatic rings. The zero-order valence-corrected chi connectivity index (χ0v) is 19.5. The van der Waals surface area contributed by atoms with Crippen molar-refractivity contribution in [3.05, 3.63) is 81.8 Å². The number of nitrogens with one attached hydrogen (secondary N) is 1. The number of methoxy groups -OCH3 is 1. The molecular formula is C25H26Cl2N2O3. The second-order valence-electron chi connectivity index (χ2n) is 7.52. The number of anilines is 2. The monoisotopic (exact) mass is 472 g/mol. The molecular weight excluding hydrogens is 447 g/mol. The summed E-state index contributed by atoms with van der Waals surface area (Å²) in [4.78, 5) is 2.33. The average Bonchev–Trinajstić information content (AvgIpc) is 2.83. The summed E-state index contributed by atoms with van der Waals surface area (Å²) >= 11 is 12.5. The standard InChI is InChI=1S/C25H26Cl2N2O3/c1-30-24-15-19(14-23(27)25(24)32-17-18-2-4-20(26)5-3-18)16-28-21-6-8-22(9-7-21)29-10-12-31-13-11-29/h2-9,14-15,28H,10-13,16-17H2,1H3. The molecule has 3 aromatic rings. The van der Waals surface area contributed by atoms with Crippen LogP contribution in [0, 0.1) is 0 Å². The maximum absolute atomic E-state index is 6.52. The summed E-state index contributed by atoms with van der Waals surface area (Å²) < 4.78 is 16.9. The number of nitrogens with zero attached hydrogens (tertiary/aromatic N) is 1. The zero-order chi connectivity index (χ0) is 22.3. The Hall–Kier alpha value is -2.60. The molecule has 0 aromatic heterocycles. The van der Waals surface area contributed by atoms with E-state index in [9.17, 15) is 0 Å². The maximum atomic E-state index is 6.52. The molecule has 3 aromatic carbocycles. The molecule has 4 rings (SSSR count). The van der Waals surface area contributed by atoms with Gasteiger partial charge in [0.1, 0.15) is 6.61 Å². The van der Waals surface area contributed by atoms with E-state index < -0.39 is 0 Å². The topological polar surface area (TPSA) is 43.0 Å². The largest absolute Gasteiger partial charge is 0.493 e. The number of benzene rings is 3. The predicted molar refractivity (Wildman–Crippen MR) is 131 cm³/mol. The molecule has 0 atom stereocenters. The maximum Gasteiger partial charge on any atom is 0.180 e. The van der Waals surface area contributed by atoms with E-state index in [1.807, 2.05) is 36.4 Å². The molecule has 5 nitrogen and oxygen atoms in total. The van der Waals surface area contributed by atoms with Crippen LogP contribution in [0.5, 0.6) is 11.5 Å². The number of rotatable bonds is 8. The quantitative estimate of drug-likeness (QED) is 0.433. The molecule has 0 unspecified atom stereocenters. The Kier molecular flexibility index (Phi) is 7.63. The van der Waals surface area contributed by atoms with Gasteiger partial charge in [-0.3, -0.25) is 0 Å². The van der Waals surface area contributed by atoms with E-state index in [0.717, 1.165) is 43.1 Å². The van der Waals surface area contributed by atoms with E-state index in [0.29, 0.717) is 34.7 Å². The lowest BCUT2D eigenvalue weighted by Crippen LogP contribution is -2.36. The number of ether oxygens (including phenoxy) is 3. The van der Waals surface area contributed by atoms with Crippen LogP contribution < -0.4 is 19.7 Å². The van der Waals surface area contributed by atoms with E-state index in [2.05, 4.69) is 34.5 Å². The molecule has 0 bridgehead atoms. The van der Waals surface area contributed by atoms with Crippen LogP contribution in [0.3, 0.4) is 0 Å². The van der Waals surface area contributed by atoms with Crippen LogP contribution in [-0.4, -0.2) is 33.4 Å². The zero-order valence-electron chi connectivity index (χ0n) is 17.9. The summed E-state index contributed by atoms with van der Waals surface area (Å²) in [5.41, 5.74) is 4.26. The summed E-state index contributed by atoms with van der Waals surface area (Å²) in [5, 5.41) is 4.64. The predicted octanol–water partition coefficient (Wildman–Crippen LogP) is 6.03. The van der Waals surface area contributed by atoms with Gasteiger partial charge in [0.15, 0.2) is 11.5 Å². The van der Waals surface area contributed by atoms with Gasteiger partial charge in [-0.2, -0.15) is 0 Å². The minimum absolute atomic E-state index is 0.375. The summed E-state index contributed by atoms with van der Waals surface area (Å²) in [6.07, 6.45) is 0. The Morgan fingerprint density at radius 2 is 1.66 bits per heavy atom. The normalized spacial score (nSPS) is 13.7. The molecule has 1 saturated heterocycles. The second-order valence-corrected chi connectivity index (χ2v) is 8.37. The van der Waals surface area contributed by atoms with Gasteiger partial charge in [0.05, 0.1) is 25.3 Å². The highest BCUT2D eigenvalue weighted by atomic mass is 35.5. The van der Waals surface area contributed by atoms with Gasteiger partial charge in [-0.05, 0) is 59.7 Å². The van der Waals surface area contributed by atoms with Crippen molar-refractivity contribution in [1.29, 1.82) is 0 Å². The van der Waals surface area contributed by atoms with Gasteiger partial charge >= 0.3 is 0 Å². The van der Waals surface area contributed by atoms with Crippen LogP contribution in [0.2, 0.25) is 10.0 Å². The third-order valence-corrected chi connectivity index (χ3v) is 5.86. The first kappa shape index (κ1) is 22.6. The van der Waals surface area contributed by atoms with Gasteiger partial charge in [-0.1, -0.05) is 35.3 Å². The third-order valence-electron chi connectivity index (χ3n) is 5.33. The van der Waals surface area contributed by atoms with Crippen LogP contribution in [0.25, 0.3) is 0 Å². The van der Waals surface area contributed by atoms with Gasteiger partial charge in [0.2, 0.25) is 0 Å². The molecule has 1 fully saturated rings. The number of hydrogen-bond donors (Lipinski definition) is 1. The molecule has 1 heterocycles. The molecule has 0 aliphatic carbocycles. The van der Waals surface area contributed by atoms with Crippen LogP contribution >= 0.6 is 23.2 Å². The van der Waals surface area contributed by atoms with Crippen molar-refractivity contribution in [2.75, 3.05) is 43.6 Å². The fourth-order valence-corrected chi connectivity index (χ4v) is 3.98. The van der Waals surface area contributed by atoms with Crippen molar-refractivity contribution in [2.45, 2.75) is 13.2 Å². The van der Waals surface area contributed by atoms with Crippen LogP contribution in [0.15, 0.2) is 60.7 Å². The molecule has 1 N–H and O–H groups in total. The summed E-state index contributed by atoms with van der Waals surface area (Å²) in [7, 11) is 1.61. The first-order valence-electron chi connectivity index (χ1n) is 10.5. The Balaban J connectivity index is 1.38. The molecule has 0 radical (unpaired) electrons. The molecule has 0 amide bonds. The van der Waals surface area contributed by atoms with Gasteiger partial charge in [0, 0.05) is 36.0 Å². The molecule has 1 aliphatic heterocycles. The van der Waals surface area contributed by atoms with E-state index in [1.165, 1.54) is 5.69 Å². The average molecular weight is 473 g/mol. The van der Waals surface area contributed by atoms with Crippen molar-refractivity contribution < 1.29 is 14.2 Å². The first-order valence-corrected chi connectivity index (χ1v) is 11.3. The van der Waals surface area contributed by atoms with Crippen molar-refractivity contribution in [3.63, 3.8) is 0 Å². The second kappa shape index (κ2) is 10.8. The smallest absolute Gasteiger partial charge is 0.180 e. The third kappa shape index (κ3) is 5.80. The van der Waals surface area contributed by atoms with Gasteiger partial charge in [-0.25, -0.2) is 0 Å². The van der Waals surface area contributed by atoms with Crippen molar-refractivity contribution in [3.8, 4) is 11.5 Å². The number of morpholine rings is 1. The highest BCUT2D eigenvalue weighted by molar-refractivity contribution is 6.32. The fraction of sp³-hybridized carbons (Fsp3) is 0.280. The Labute approximate surface area is 198 Å². The van der Waals surface area contributed by atoms with Gasteiger partial charge in [0.25, 0.3) is 0 Å². The molecule has 168 valence electrons. The lowest BCUT2D eigenvalue weighted by molar-refractivity contribution is 0.122. The fourth-order valence-electron chi connectivity index (χ4n) is 3.57. The summed E-state index contributed by atoms with van der Waals surface area (Å²) in [6, 6.07) is 19.8. The van der Waals surface area contributed by atoms with Gasteiger partial charge in [-0.15, -0.1) is 0 Å².